The van der Waals surface area contributed by atoms with Gasteiger partial charge < -0.3 is 19.8 Å². The van der Waals surface area contributed by atoms with Crippen molar-refractivity contribution in [2.45, 2.75) is 20.3 Å². The average molecular weight is 431 g/mol. The Bertz CT molecular complexity index is 1150. The molecule has 4 aromatic rings. The minimum absolute atomic E-state index is 0.445. The standard InChI is InChI=1S/C24H26N6O2/c1-16(2)11-12-26-23-28-22(17-7-5-4-6-8-17)29-24(30-23)27-18-9-10-19(20(13-18)31-3)21-14-25-15-32-21/h4-10,13-16H,11-12H2,1-3H3,(H2,26,27,28,29,30). The first-order valence-electron chi connectivity index (χ1n) is 10.5. The van der Waals surface area contributed by atoms with Crippen LogP contribution in [0.1, 0.15) is 20.3 Å². The Balaban J connectivity index is 1.63. The van der Waals surface area contributed by atoms with E-state index in [9.17, 15) is 0 Å². The SMILES string of the molecule is COc1cc(Nc2nc(NCCC(C)C)nc(-c3ccccc3)n2)ccc1-c1cnco1. The van der Waals surface area contributed by atoms with Crippen LogP contribution in [0, 0.1) is 5.92 Å². The van der Waals surface area contributed by atoms with Gasteiger partial charge in [0.1, 0.15) is 5.75 Å². The van der Waals surface area contributed by atoms with Gasteiger partial charge in [-0.25, -0.2) is 4.98 Å². The third kappa shape index (κ3) is 5.21. The summed E-state index contributed by atoms with van der Waals surface area (Å²) in [5.74, 6) is 3.45. The molecule has 0 radical (unpaired) electrons. The van der Waals surface area contributed by atoms with Gasteiger partial charge in [-0.15, -0.1) is 0 Å². The molecule has 0 aliphatic rings. The number of oxazole rings is 1. The van der Waals surface area contributed by atoms with E-state index in [1.165, 1.54) is 6.39 Å². The van der Waals surface area contributed by atoms with Crippen LogP contribution in [0.25, 0.3) is 22.7 Å². The van der Waals surface area contributed by atoms with Crippen LogP contribution < -0.4 is 15.4 Å². The van der Waals surface area contributed by atoms with Crippen LogP contribution in [0.3, 0.4) is 0 Å². The Labute approximate surface area is 187 Å². The van der Waals surface area contributed by atoms with Gasteiger partial charge >= 0.3 is 0 Å². The molecule has 0 unspecified atom stereocenters. The Morgan fingerprint density at radius 3 is 2.53 bits per heavy atom. The highest BCUT2D eigenvalue weighted by Crippen LogP contribution is 2.33. The van der Waals surface area contributed by atoms with E-state index in [-0.39, 0.29) is 0 Å². The maximum Gasteiger partial charge on any atom is 0.232 e. The predicted molar refractivity (Wildman–Crippen MR) is 125 cm³/mol. The molecule has 0 aliphatic heterocycles. The summed E-state index contributed by atoms with van der Waals surface area (Å²) in [6.45, 7) is 5.16. The molecule has 0 saturated heterocycles. The second-order valence-corrected chi connectivity index (χ2v) is 7.69. The first kappa shape index (κ1) is 21.3. The molecule has 0 fully saturated rings. The van der Waals surface area contributed by atoms with E-state index in [1.54, 1.807) is 13.3 Å². The number of rotatable bonds is 9. The molecule has 8 nitrogen and oxygen atoms in total. The van der Waals surface area contributed by atoms with Crippen molar-refractivity contribution in [2.75, 3.05) is 24.3 Å². The normalized spacial score (nSPS) is 10.9. The van der Waals surface area contributed by atoms with Crippen LogP contribution in [0.15, 0.2) is 65.5 Å². The first-order valence-corrected chi connectivity index (χ1v) is 10.5. The minimum atomic E-state index is 0.445. The molecule has 8 heteroatoms. The van der Waals surface area contributed by atoms with E-state index in [2.05, 4.69) is 44.4 Å². The first-order chi connectivity index (χ1) is 15.6. The van der Waals surface area contributed by atoms with E-state index in [4.69, 9.17) is 9.15 Å². The molecule has 164 valence electrons. The van der Waals surface area contributed by atoms with E-state index < -0.39 is 0 Å². The summed E-state index contributed by atoms with van der Waals surface area (Å²) in [6.07, 6.45) is 4.07. The summed E-state index contributed by atoms with van der Waals surface area (Å²) in [5, 5.41) is 6.59. The quantitative estimate of drug-likeness (QED) is 0.364. The lowest BCUT2D eigenvalue weighted by atomic mass is 10.1. The van der Waals surface area contributed by atoms with Crippen LogP contribution in [0.5, 0.6) is 5.75 Å². The minimum Gasteiger partial charge on any atom is -0.496 e. The van der Waals surface area contributed by atoms with Crippen LogP contribution in [-0.4, -0.2) is 33.6 Å². The number of nitrogens with one attached hydrogen (secondary N) is 2. The van der Waals surface area contributed by atoms with Gasteiger partial charge in [-0.1, -0.05) is 44.2 Å². The maximum absolute atomic E-state index is 5.55. The highest BCUT2D eigenvalue weighted by molar-refractivity contribution is 5.71. The summed E-state index contributed by atoms with van der Waals surface area (Å²) in [4.78, 5) is 17.8. The molecular weight excluding hydrogens is 404 g/mol. The van der Waals surface area contributed by atoms with Crippen LogP contribution in [0.4, 0.5) is 17.6 Å². The Morgan fingerprint density at radius 2 is 1.81 bits per heavy atom. The van der Waals surface area contributed by atoms with Gasteiger partial charge in [0.25, 0.3) is 0 Å². The van der Waals surface area contributed by atoms with Crippen molar-refractivity contribution >= 4 is 17.6 Å². The highest BCUT2D eigenvalue weighted by atomic mass is 16.5. The monoisotopic (exact) mass is 430 g/mol. The number of methoxy groups -OCH3 is 1. The number of anilines is 3. The van der Waals surface area contributed by atoms with Gasteiger partial charge in [0.05, 0.1) is 18.9 Å². The van der Waals surface area contributed by atoms with E-state index >= 15 is 0 Å². The second kappa shape index (κ2) is 9.91. The van der Waals surface area contributed by atoms with Gasteiger partial charge in [0, 0.05) is 23.9 Å². The number of hydrogen-bond acceptors (Lipinski definition) is 8. The zero-order chi connectivity index (χ0) is 22.3. The molecular formula is C24H26N6O2. The number of benzene rings is 2. The summed E-state index contributed by atoms with van der Waals surface area (Å²) < 4.78 is 10.9. The molecule has 0 aliphatic carbocycles. The number of nitrogens with zero attached hydrogens (tertiary/aromatic N) is 4. The largest absolute Gasteiger partial charge is 0.496 e. The number of ether oxygens (including phenoxy) is 1. The fourth-order valence-electron chi connectivity index (χ4n) is 3.15. The summed E-state index contributed by atoms with van der Waals surface area (Å²) in [7, 11) is 1.62. The van der Waals surface area contributed by atoms with E-state index in [0.717, 1.165) is 29.8 Å². The lowest BCUT2D eigenvalue weighted by Gasteiger charge is -2.13. The summed E-state index contributed by atoms with van der Waals surface area (Å²) in [6, 6.07) is 15.5. The van der Waals surface area contributed by atoms with Gasteiger partial charge in [0.15, 0.2) is 18.0 Å². The van der Waals surface area contributed by atoms with Crippen molar-refractivity contribution < 1.29 is 9.15 Å². The molecule has 4 rings (SSSR count). The van der Waals surface area contributed by atoms with Crippen LogP contribution in [-0.2, 0) is 0 Å². The molecule has 0 atom stereocenters. The van der Waals surface area contributed by atoms with Crippen molar-refractivity contribution in [3.05, 3.63) is 61.1 Å². The van der Waals surface area contributed by atoms with Crippen molar-refractivity contribution in [3.8, 4) is 28.5 Å². The predicted octanol–water partition coefficient (Wildman–Crippen LogP) is 5.40. The zero-order valence-electron chi connectivity index (χ0n) is 18.4. The van der Waals surface area contributed by atoms with Crippen LogP contribution >= 0.6 is 0 Å². The van der Waals surface area contributed by atoms with E-state index in [0.29, 0.717) is 35.1 Å². The maximum atomic E-state index is 5.55. The molecule has 2 heterocycles. The van der Waals surface area contributed by atoms with Crippen molar-refractivity contribution in [3.63, 3.8) is 0 Å². The Morgan fingerprint density at radius 1 is 1.00 bits per heavy atom. The van der Waals surface area contributed by atoms with Gasteiger partial charge in [-0.3, -0.25) is 0 Å². The third-order valence-electron chi connectivity index (χ3n) is 4.83. The second-order valence-electron chi connectivity index (χ2n) is 7.69. The smallest absolute Gasteiger partial charge is 0.232 e. The van der Waals surface area contributed by atoms with Crippen molar-refractivity contribution in [2.24, 2.45) is 5.92 Å². The van der Waals surface area contributed by atoms with Crippen LogP contribution in [0.2, 0.25) is 0 Å². The van der Waals surface area contributed by atoms with Gasteiger partial charge in [0.2, 0.25) is 11.9 Å². The molecule has 0 spiro atoms. The van der Waals surface area contributed by atoms with Crippen molar-refractivity contribution in [1.29, 1.82) is 0 Å². The molecule has 0 bridgehead atoms. The average Bonchev–Trinajstić information content (AvgIpc) is 3.34. The summed E-state index contributed by atoms with van der Waals surface area (Å²) in [5.41, 5.74) is 2.51. The Kier molecular flexibility index (Phi) is 6.60. The molecule has 2 aromatic heterocycles. The third-order valence-corrected chi connectivity index (χ3v) is 4.83. The Hall–Kier alpha value is -3.94. The number of aromatic nitrogens is 4. The van der Waals surface area contributed by atoms with Gasteiger partial charge in [-0.05, 0) is 24.5 Å². The molecule has 0 saturated carbocycles. The lowest BCUT2D eigenvalue weighted by Crippen LogP contribution is -2.11. The highest BCUT2D eigenvalue weighted by Gasteiger charge is 2.13. The van der Waals surface area contributed by atoms with Gasteiger partial charge in [-0.2, -0.15) is 15.0 Å². The molecule has 2 N–H and O–H groups in total. The number of hydrogen-bond donors (Lipinski definition) is 2. The lowest BCUT2D eigenvalue weighted by molar-refractivity contribution is 0.415. The topological polar surface area (TPSA) is 98.0 Å². The van der Waals surface area contributed by atoms with Crippen molar-refractivity contribution in [1.82, 2.24) is 19.9 Å². The molecule has 2 aromatic carbocycles. The molecule has 32 heavy (non-hydrogen) atoms. The fraction of sp³-hybridized carbons (Fsp3) is 0.250. The summed E-state index contributed by atoms with van der Waals surface area (Å²) >= 11 is 0. The fourth-order valence-corrected chi connectivity index (χ4v) is 3.15. The molecule has 0 amide bonds. The van der Waals surface area contributed by atoms with E-state index in [1.807, 2.05) is 48.5 Å². The zero-order valence-corrected chi connectivity index (χ0v) is 18.4.